The molecule has 0 amide bonds. The number of ether oxygens (including phenoxy) is 1. The number of hydrogen-bond donors (Lipinski definition) is 1. The predicted octanol–water partition coefficient (Wildman–Crippen LogP) is 4.83. The largest absolute Gasteiger partial charge is 0.495 e. The van der Waals surface area contributed by atoms with Crippen molar-refractivity contribution >= 4 is 11.6 Å². The molecule has 2 aromatic rings. The first kappa shape index (κ1) is 15.8. The fourth-order valence-electron chi connectivity index (χ4n) is 2.41. The maximum atomic E-state index is 13.6. The number of halogens is 2. The third kappa shape index (κ3) is 3.55. The number of nitrogens with one attached hydrogen (secondary N) is 1. The highest BCUT2D eigenvalue weighted by molar-refractivity contribution is 6.32. The Hall–Kier alpha value is -1.58. The molecule has 0 radical (unpaired) electrons. The highest BCUT2D eigenvalue weighted by Crippen LogP contribution is 2.34. The van der Waals surface area contributed by atoms with Gasteiger partial charge in [0.05, 0.1) is 12.1 Å². The quantitative estimate of drug-likeness (QED) is 0.854. The van der Waals surface area contributed by atoms with Gasteiger partial charge in [0.25, 0.3) is 0 Å². The lowest BCUT2D eigenvalue weighted by Gasteiger charge is -2.18. The van der Waals surface area contributed by atoms with E-state index in [9.17, 15) is 4.39 Å². The second-order valence-corrected chi connectivity index (χ2v) is 5.27. The molecule has 0 aliphatic heterocycles. The summed E-state index contributed by atoms with van der Waals surface area (Å²) in [5.41, 5.74) is 2.76. The zero-order valence-corrected chi connectivity index (χ0v) is 13.2. The predicted molar refractivity (Wildman–Crippen MR) is 85.5 cm³/mol. The molecule has 0 saturated heterocycles. The van der Waals surface area contributed by atoms with E-state index in [0.29, 0.717) is 10.8 Å². The summed E-state index contributed by atoms with van der Waals surface area (Å²) in [6.07, 6.45) is 0. The number of hydrogen-bond acceptors (Lipinski definition) is 2. The van der Waals surface area contributed by atoms with Gasteiger partial charge in [0.1, 0.15) is 11.6 Å². The van der Waals surface area contributed by atoms with Gasteiger partial charge >= 0.3 is 0 Å². The van der Waals surface area contributed by atoms with Gasteiger partial charge in [0.2, 0.25) is 0 Å². The molecule has 2 nitrogen and oxygen atoms in total. The van der Waals surface area contributed by atoms with Crippen LogP contribution in [-0.4, -0.2) is 13.7 Å². The zero-order valence-electron chi connectivity index (χ0n) is 12.4. The van der Waals surface area contributed by atoms with Crippen molar-refractivity contribution in [2.24, 2.45) is 0 Å². The van der Waals surface area contributed by atoms with Crippen molar-refractivity contribution in [3.63, 3.8) is 0 Å². The summed E-state index contributed by atoms with van der Waals surface area (Å²) in [7, 11) is 1.57. The summed E-state index contributed by atoms with van der Waals surface area (Å²) in [4.78, 5) is 0. The van der Waals surface area contributed by atoms with Crippen molar-refractivity contribution in [2.75, 3.05) is 13.7 Å². The van der Waals surface area contributed by atoms with Crippen LogP contribution in [0, 0.1) is 5.82 Å². The Labute approximate surface area is 129 Å². The van der Waals surface area contributed by atoms with E-state index in [2.05, 4.69) is 12.2 Å². The summed E-state index contributed by atoms with van der Waals surface area (Å²) in [6.45, 7) is 4.96. The molecule has 0 aromatic heterocycles. The minimum absolute atomic E-state index is 0.131. The summed E-state index contributed by atoms with van der Waals surface area (Å²) in [5.74, 6) is 0.350. The van der Waals surface area contributed by atoms with Crippen molar-refractivity contribution in [3.05, 3.63) is 52.8 Å². The van der Waals surface area contributed by atoms with Gasteiger partial charge in [-0.2, -0.15) is 0 Å². The molecule has 21 heavy (non-hydrogen) atoms. The van der Waals surface area contributed by atoms with Gasteiger partial charge in [0, 0.05) is 6.04 Å². The Morgan fingerprint density at radius 1 is 1.24 bits per heavy atom. The van der Waals surface area contributed by atoms with Crippen LogP contribution >= 0.6 is 11.6 Å². The van der Waals surface area contributed by atoms with E-state index in [1.165, 1.54) is 6.07 Å². The Balaban J connectivity index is 2.51. The first-order valence-corrected chi connectivity index (χ1v) is 7.31. The Kier molecular flexibility index (Phi) is 5.21. The molecule has 0 aliphatic carbocycles. The van der Waals surface area contributed by atoms with Gasteiger partial charge < -0.3 is 10.1 Å². The van der Waals surface area contributed by atoms with Gasteiger partial charge in [-0.15, -0.1) is 0 Å². The van der Waals surface area contributed by atoms with E-state index >= 15 is 0 Å². The summed E-state index contributed by atoms with van der Waals surface area (Å²) in [6, 6.07) is 10.5. The molecular weight excluding hydrogens is 289 g/mol. The fourth-order valence-corrected chi connectivity index (χ4v) is 2.66. The lowest BCUT2D eigenvalue weighted by Crippen LogP contribution is -2.18. The van der Waals surface area contributed by atoms with Crippen LogP contribution < -0.4 is 10.1 Å². The minimum Gasteiger partial charge on any atom is -0.495 e. The van der Waals surface area contributed by atoms with Gasteiger partial charge in [-0.05, 0) is 54.4 Å². The van der Waals surface area contributed by atoms with E-state index in [1.54, 1.807) is 25.3 Å². The molecule has 1 N–H and O–H groups in total. The van der Waals surface area contributed by atoms with Crippen LogP contribution in [0.15, 0.2) is 36.4 Å². The fraction of sp³-hybridized carbons (Fsp3) is 0.294. The minimum atomic E-state index is -0.260. The lowest BCUT2D eigenvalue weighted by molar-refractivity contribution is 0.415. The Bertz CT molecular complexity index is 630. The molecule has 0 bridgehead atoms. The van der Waals surface area contributed by atoms with Crippen molar-refractivity contribution in [3.8, 4) is 16.9 Å². The normalized spacial score (nSPS) is 12.2. The van der Waals surface area contributed by atoms with Crippen LogP contribution in [0.5, 0.6) is 5.75 Å². The molecule has 112 valence electrons. The summed E-state index contributed by atoms with van der Waals surface area (Å²) < 4.78 is 18.8. The first-order chi connectivity index (χ1) is 10.1. The maximum Gasteiger partial charge on any atom is 0.137 e. The maximum absolute atomic E-state index is 13.6. The third-order valence-corrected chi connectivity index (χ3v) is 3.75. The number of benzene rings is 2. The lowest BCUT2D eigenvalue weighted by atomic mass is 9.95. The van der Waals surface area contributed by atoms with E-state index in [1.807, 2.05) is 19.1 Å². The molecule has 2 aromatic carbocycles. The van der Waals surface area contributed by atoms with Crippen molar-refractivity contribution < 1.29 is 9.13 Å². The molecule has 0 aliphatic rings. The molecule has 4 heteroatoms. The van der Waals surface area contributed by atoms with Crippen LogP contribution in [0.1, 0.15) is 25.5 Å². The Morgan fingerprint density at radius 2 is 2.00 bits per heavy atom. The topological polar surface area (TPSA) is 21.3 Å². The zero-order chi connectivity index (χ0) is 15.4. The molecule has 1 atom stereocenters. The van der Waals surface area contributed by atoms with Gasteiger partial charge in [-0.1, -0.05) is 30.7 Å². The van der Waals surface area contributed by atoms with E-state index in [0.717, 1.165) is 23.2 Å². The monoisotopic (exact) mass is 307 g/mol. The third-order valence-electron chi connectivity index (χ3n) is 3.45. The van der Waals surface area contributed by atoms with Crippen LogP contribution in [0.2, 0.25) is 5.02 Å². The average Bonchev–Trinajstić information content (AvgIpc) is 2.47. The van der Waals surface area contributed by atoms with E-state index < -0.39 is 0 Å². The SMILES string of the molecule is CCNC(C)c1ccc(F)cc1-c1ccc(OC)c(Cl)c1. The molecule has 0 heterocycles. The Morgan fingerprint density at radius 3 is 2.62 bits per heavy atom. The standard InChI is InChI=1S/C17H19ClFNO/c1-4-20-11(2)14-7-6-13(19)10-15(14)12-5-8-17(21-3)16(18)9-12/h5-11,20H,4H2,1-3H3. The second kappa shape index (κ2) is 6.92. The van der Waals surface area contributed by atoms with Crippen LogP contribution in [-0.2, 0) is 0 Å². The van der Waals surface area contributed by atoms with Crippen LogP contribution in [0.4, 0.5) is 4.39 Å². The van der Waals surface area contributed by atoms with Crippen molar-refractivity contribution in [2.45, 2.75) is 19.9 Å². The number of rotatable bonds is 5. The van der Waals surface area contributed by atoms with E-state index in [4.69, 9.17) is 16.3 Å². The molecule has 0 spiro atoms. The first-order valence-electron chi connectivity index (χ1n) is 6.93. The van der Waals surface area contributed by atoms with Gasteiger partial charge in [-0.3, -0.25) is 0 Å². The van der Waals surface area contributed by atoms with Crippen LogP contribution in [0.3, 0.4) is 0 Å². The molecule has 2 rings (SSSR count). The second-order valence-electron chi connectivity index (χ2n) is 4.86. The molecular formula is C17H19ClFNO. The van der Waals surface area contributed by atoms with Crippen LogP contribution in [0.25, 0.3) is 11.1 Å². The smallest absolute Gasteiger partial charge is 0.137 e. The van der Waals surface area contributed by atoms with Gasteiger partial charge in [0.15, 0.2) is 0 Å². The summed E-state index contributed by atoms with van der Waals surface area (Å²) in [5, 5.41) is 3.86. The van der Waals surface area contributed by atoms with Crippen molar-refractivity contribution in [1.82, 2.24) is 5.32 Å². The van der Waals surface area contributed by atoms with Gasteiger partial charge in [-0.25, -0.2) is 4.39 Å². The number of methoxy groups -OCH3 is 1. The molecule has 1 unspecified atom stereocenters. The highest BCUT2D eigenvalue weighted by atomic mass is 35.5. The highest BCUT2D eigenvalue weighted by Gasteiger charge is 2.13. The van der Waals surface area contributed by atoms with E-state index in [-0.39, 0.29) is 11.9 Å². The summed E-state index contributed by atoms with van der Waals surface area (Å²) >= 11 is 6.18. The molecule has 0 saturated carbocycles. The average molecular weight is 308 g/mol. The molecule has 0 fully saturated rings. The van der Waals surface area contributed by atoms with Crippen molar-refractivity contribution in [1.29, 1.82) is 0 Å².